The molecule has 3 saturated carbocycles. The first-order valence-electron chi connectivity index (χ1n) is 8.53. The molecule has 0 aromatic heterocycles. The fraction of sp³-hybridized carbons (Fsp3) is 0.737. The fourth-order valence-electron chi connectivity index (χ4n) is 5.40. The molecule has 3 aliphatic rings. The Morgan fingerprint density at radius 1 is 1.29 bits per heavy atom. The second kappa shape index (κ2) is 5.30. The summed E-state index contributed by atoms with van der Waals surface area (Å²) in [7, 11) is 0. The zero-order valence-corrected chi connectivity index (χ0v) is 13.6. The average molecular weight is 288 g/mol. The Morgan fingerprint density at radius 2 is 2.05 bits per heavy atom. The molecule has 0 saturated heterocycles. The minimum absolute atomic E-state index is 0.0411. The topological polar surface area (TPSA) is 37.3 Å². The van der Waals surface area contributed by atoms with Crippen LogP contribution in [-0.2, 0) is 4.79 Å². The highest BCUT2D eigenvalue weighted by atomic mass is 16.3. The molecule has 3 fully saturated rings. The normalized spacial score (nSPS) is 45.6. The Hall–Kier alpha value is -1.05. The molecule has 4 unspecified atom stereocenters. The minimum atomic E-state index is -0.0411. The molecule has 0 aromatic rings. The highest BCUT2D eigenvalue weighted by Gasteiger charge is 2.55. The third-order valence-corrected chi connectivity index (χ3v) is 6.60. The number of fused-ring (bicyclic) bond motifs is 3. The summed E-state index contributed by atoms with van der Waals surface area (Å²) >= 11 is 0. The van der Waals surface area contributed by atoms with E-state index in [0.717, 1.165) is 38.0 Å². The van der Waals surface area contributed by atoms with Gasteiger partial charge in [-0.3, -0.25) is 4.79 Å². The van der Waals surface area contributed by atoms with E-state index in [0.29, 0.717) is 29.3 Å². The van der Waals surface area contributed by atoms with Crippen molar-refractivity contribution in [2.75, 3.05) is 0 Å². The Labute approximate surface area is 128 Å². The first kappa shape index (κ1) is 14.9. The summed E-state index contributed by atoms with van der Waals surface area (Å²) in [6.07, 6.45) is 10.5. The van der Waals surface area contributed by atoms with E-state index in [2.05, 4.69) is 19.9 Å². The Kier molecular flexibility index (Phi) is 3.75. The number of Topliss-reactive ketones (excluding diaryl/α,β-unsaturated/α-hetero) is 1. The lowest BCUT2D eigenvalue weighted by Gasteiger charge is -2.51. The third-order valence-electron chi connectivity index (χ3n) is 6.60. The maximum Gasteiger partial charge on any atom is 0.139 e. The number of rotatable bonds is 1. The fourth-order valence-corrected chi connectivity index (χ4v) is 5.40. The van der Waals surface area contributed by atoms with Crippen LogP contribution in [0.5, 0.6) is 0 Å². The Balaban J connectivity index is 1.92. The van der Waals surface area contributed by atoms with E-state index in [1.807, 2.05) is 6.08 Å². The van der Waals surface area contributed by atoms with Gasteiger partial charge in [-0.1, -0.05) is 25.5 Å². The molecule has 0 heterocycles. The standard InChI is InChI=1S/C19H28O2/c1-12-4-6-14(7-5-13(2)20)15-10-11-19(3)16(18(12)15)8-9-17(19)21/h5,7,12,15-16,18,20H,4,6,8-11H2,1-3H3/b13-5+,14-7+/t12-,15?,16?,18?,19?/m1/s1. The van der Waals surface area contributed by atoms with Crippen LogP contribution in [0.1, 0.15) is 59.3 Å². The molecule has 0 bridgehead atoms. The smallest absolute Gasteiger partial charge is 0.139 e. The number of aliphatic hydroxyl groups is 1. The largest absolute Gasteiger partial charge is 0.513 e. The van der Waals surface area contributed by atoms with Gasteiger partial charge in [-0.15, -0.1) is 0 Å². The van der Waals surface area contributed by atoms with E-state index in [1.54, 1.807) is 6.92 Å². The van der Waals surface area contributed by atoms with Crippen LogP contribution in [0.2, 0.25) is 0 Å². The van der Waals surface area contributed by atoms with E-state index in [4.69, 9.17) is 0 Å². The van der Waals surface area contributed by atoms with Gasteiger partial charge in [0.15, 0.2) is 0 Å². The van der Waals surface area contributed by atoms with Crippen LogP contribution in [0, 0.1) is 29.1 Å². The van der Waals surface area contributed by atoms with Gasteiger partial charge in [-0.2, -0.15) is 0 Å². The number of ketones is 1. The molecule has 116 valence electrons. The monoisotopic (exact) mass is 288 g/mol. The molecule has 2 nitrogen and oxygen atoms in total. The van der Waals surface area contributed by atoms with Crippen molar-refractivity contribution < 1.29 is 9.90 Å². The van der Waals surface area contributed by atoms with Crippen molar-refractivity contribution in [3.8, 4) is 0 Å². The Bertz CT molecular complexity index is 498. The first-order chi connectivity index (χ1) is 9.93. The summed E-state index contributed by atoms with van der Waals surface area (Å²) in [6.45, 7) is 6.34. The van der Waals surface area contributed by atoms with E-state index in [-0.39, 0.29) is 5.41 Å². The number of allylic oxidation sites excluding steroid dienone is 4. The summed E-state index contributed by atoms with van der Waals surface area (Å²) in [6, 6.07) is 0. The lowest BCUT2D eigenvalue weighted by atomic mass is 9.53. The number of hydrogen-bond donors (Lipinski definition) is 1. The SMILES string of the molecule is C/C(O)=C\C=C1/CC[C@@H](C)C2C1CCC1(C)C(=O)CCC21. The van der Waals surface area contributed by atoms with Gasteiger partial charge < -0.3 is 5.11 Å². The second-order valence-electron chi connectivity index (χ2n) is 7.77. The third kappa shape index (κ3) is 2.37. The highest BCUT2D eigenvalue weighted by Crippen LogP contribution is 2.60. The van der Waals surface area contributed by atoms with Gasteiger partial charge in [0.25, 0.3) is 0 Å². The van der Waals surface area contributed by atoms with Crippen LogP contribution in [-0.4, -0.2) is 10.9 Å². The van der Waals surface area contributed by atoms with Crippen molar-refractivity contribution in [3.63, 3.8) is 0 Å². The van der Waals surface area contributed by atoms with Crippen LogP contribution in [0.15, 0.2) is 23.5 Å². The van der Waals surface area contributed by atoms with Crippen molar-refractivity contribution in [3.05, 3.63) is 23.5 Å². The molecule has 0 radical (unpaired) electrons. The number of aliphatic hydroxyl groups excluding tert-OH is 1. The number of carbonyl (C=O) groups excluding carboxylic acids is 1. The molecular formula is C19H28O2. The van der Waals surface area contributed by atoms with Crippen LogP contribution < -0.4 is 0 Å². The number of hydrogen-bond acceptors (Lipinski definition) is 2. The summed E-state index contributed by atoms with van der Waals surface area (Å²) < 4.78 is 0. The molecule has 21 heavy (non-hydrogen) atoms. The van der Waals surface area contributed by atoms with Crippen LogP contribution >= 0.6 is 0 Å². The molecule has 1 N–H and O–H groups in total. The lowest BCUT2D eigenvalue weighted by molar-refractivity contribution is -0.130. The maximum atomic E-state index is 12.4. The molecule has 5 atom stereocenters. The zero-order chi connectivity index (χ0) is 15.2. The molecule has 0 amide bonds. The van der Waals surface area contributed by atoms with Gasteiger partial charge in [0.2, 0.25) is 0 Å². The van der Waals surface area contributed by atoms with Crippen LogP contribution in [0.25, 0.3) is 0 Å². The van der Waals surface area contributed by atoms with Gasteiger partial charge in [0.1, 0.15) is 5.78 Å². The van der Waals surface area contributed by atoms with Crippen LogP contribution in [0.3, 0.4) is 0 Å². The molecular weight excluding hydrogens is 260 g/mol. The summed E-state index contributed by atoms with van der Waals surface area (Å²) in [5, 5.41) is 9.43. The molecule has 3 rings (SSSR count). The second-order valence-corrected chi connectivity index (χ2v) is 7.77. The van der Waals surface area contributed by atoms with Crippen molar-refractivity contribution in [1.29, 1.82) is 0 Å². The van der Waals surface area contributed by atoms with Gasteiger partial charge in [0, 0.05) is 11.8 Å². The highest BCUT2D eigenvalue weighted by molar-refractivity contribution is 5.87. The van der Waals surface area contributed by atoms with Crippen molar-refractivity contribution in [1.82, 2.24) is 0 Å². The minimum Gasteiger partial charge on any atom is -0.513 e. The summed E-state index contributed by atoms with van der Waals surface area (Å²) in [5.74, 6) is 3.51. The van der Waals surface area contributed by atoms with E-state index < -0.39 is 0 Å². The van der Waals surface area contributed by atoms with E-state index in [1.165, 1.54) is 12.0 Å². The molecule has 0 spiro atoms. The van der Waals surface area contributed by atoms with E-state index >= 15 is 0 Å². The van der Waals surface area contributed by atoms with Crippen molar-refractivity contribution in [2.45, 2.75) is 59.3 Å². The van der Waals surface area contributed by atoms with Crippen LogP contribution in [0.4, 0.5) is 0 Å². The van der Waals surface area contributed by atoms with Gasteiger partial charge >= 0.3 is 0 Å². The number of carbonyl (C=O) groups is 1. The predicted molar refractivity (Wildman–Crippen MR) is 84.9 cm³/mol. The van der Waals surface area contributed by atoms with Gasteiger partial charge in [-0.25, -0.2) is 0 Å². The zero-order valence-electron chi connectivity index (χ0n) is 13.6. The van der Waals surface area contributed by atoms with Crippen molar-refractivity contribution in [2.24, 2.45) is 29.1 Å². The molecule has 3 aliphatic carbocycles. The molecule has 0 aromatic carbocycles. The molecule has 0 aliphatic heterocycles. The van der Waals surface area contributed by atoms with Crippen molar-refractivity contribution >= 4 is 5.78 Å². The summed E-state index contributed by atoms with van der Waals surface area (Å²) in [5.41, 5.74) is 1.47. The lowest BCUT2D eigenvalue weighted by Crippen LogP contribution is -2.46. The molecule has 2 heteroatoms. The maximum absolute atomic E-state index is 12.4. The first-order valence-corrected chi connectivity index (χ1v) is 8.53. The van der Waals surface area contributed by atoms with E-state index in [9.17, 15) is 9.90 Å². The van der Waals surface area contributed by atoms with Gasteiger partial charge in [-0.05, 0) is 68.8 Å². The van der Waals surface area contributed by atoms with Gasteiger partial charge in [0.05, 0.1) is 5.76 Å². The quantitative estimate of drug-likeness (QED) is 0.703. The average Bonchev–Trinajstić information content (AvgIpc) is 2.74. The summed E-state index contributed by atoms with van der Waals surface area (Å²) in [4.78, 5) is 12.4. The Morgan fingerprint density at radius 3 is 2.76 bits per heavy atom. The predicted octanol–water partition coefficient (Wildman–Crippen LogP) is 4.82.